The summed E-state index contributed by atoms with van der Waals surface area (Å²) in [6.45, 7) is 1.43. The summed E-state index contributed by atoms with van der Waals surface area (Å²) >= 11 is 0. The molecule has 7 nitrogen and oxygen atoms in total. The third-order valence-electron chi connectivity index (χ3n) is 4.53. The second-order valence-electron chi connectivity index (χ2n) is 7.16. The molecule has 0 bridgehead atoms. The summed E-state index contributed by atoms with van der Waals surface area (Å²) < 4.78 is 53.7. The molecule has 0 heterocycles. The van der Waals surface area contributed by atoms with Gasteiger partial charge in [0.1, 0.15) is 18.5 Å². The quantitative estimate of drug-likeness (QED) is 0.364. The highest BCUT2D eigenvalue weighted by Crippen LogP contribution is 2.30. The van der Waals surface area contributed by atoms with E-state index in [0.29, 0.717) is 23.5 Å². The number of Topliss-reactive ketones (excluding diaryl/α,β-unsaturated/α-hetero) is 1. The van der Waals surface area contributed by atoms with Crippen LogP contribution in [0.1, 0.15) is 35.7 Å². The number of methoxy groups -OCH3 is 1. The number of aliphatic hydroxyl groups excluding tert-OH is 1. The number of benzene rings is 2. The molecular formula is C23H26F3NO6. The first-order chi connectivity index (χ1) is 15.6. The topological polar surface area (TPSA) is 94.1 Å². The van der Waals surface area contributed by atoms with Gasteiger partial charge in [-0.2, -0.15) is 13.2 Å². The number of amides is 1. The number of hydrogen-bond acceptors (Lipinski definition) is 6. The van der Waals surface area contributed by atoms with Gasteiger partial charge in [0.25, 0.3) is 0 Å². The molecule has 0 saturated carbocycles. The number of carbonyl (C=O) groups excluding carboxylic acids is 2. The van der Waals surface area contributed by atoms with Crippen LogP contribution in [0.3, 0.4) is 0 Å². The van der Waals surface area contributed by atoms with Crippen LogP contribution in [0, 0.1) is 0 Å². The van der Waals surface area contributed by atoms with Crippen molar-refractivity contribution in [1.29, 1.82) is 0 Å². The van der Waals surface area contributed by atoms with Crippen molar-refractivity contribution >= 4 is 11.7 Å². The minimum absolute atomic E-state index is 0.0688. The van der Waals surface area contributed by atoms with Crippen molar-refractivity contribution < 1.29 is 42.1 Å². The van der Waals surface area contributed by atoms with Gasteiger partial charge in [0.05, 0.1) is 19.3 Å². The zero-order valence-corrected chi connectivity index (χ0v) is 18.3. The van der Waals surface area contributed by atoms with Crippen LogP contribution in [0.25, 0.3) is 0 Å². The molecule has 180 valence electrons. The lowest BCUT2D eigenvalue weighted by atomic mass is 10.1. The third kappa shape index (κ3) is 8.64. The fourth-order valence-corrected chi connectivity index (χ4v) is 2.73. The van der Waals surface area contributed by atoms with Gasteiger partial charge in [0.15, 0.2) is 17.3 Å². The second kappa shape index (κ2) is 12.1. The van der Waals surface area contributed by atoms with Gasteiger partial charge in [-0.1, -0.05) is 0 Å². The molecule has 1 atom stereocenters. The molecular weight excluding hydrogens is 443 g/mol. The van der Waals surface area contributed by atoms with Gasteiger partial charge in [0.2, 0.25) is 5.91 Å². The lowest BCUT2D eigenvalue weighted by molar-refractivity contribution is -0.137. The molecule has 0 saturated heterocycles. The van der Waals surface area contributed by atoms with Crippen LogP contribution in [-0.4, -0.2) is 49.8 Å². The first-order valence-electron chi connectivity index (χ1n) is 10.2. The summed E-state index contributed by atoms with van der Waals surface area (Å²) in [5.41, 5.74) is -0.294. The van der Waals surface area contributed by atoms with Crippen molar-refractivity contribution in [3.8, 4) is 17.2 Å². The van der Waals surface area contributed by atoms with E-state index in [0.717, 1.165) is 24.3 Å². The van der Waals surface area contributed by atoms with Crippen molar-refractivity contribution in [2.24, 2.45) is 0 Å². The molecule has 0 fully saturated rings. The molecule has 1 unspecified atom stereocenters. The Kier molecular flexibility index (Phi) is 9.53. The van der Waals surface area contributed by atoms with Crippen LogP contribution in [-0.2, 0) is 11.0 Å². The molecule has 0 radical (unpaired) electrons. The number of ether oxygens (including phenoxy) is 3. The van der Waals surface area contributed by atoms with Crippen LogP contribution in [0.5, 0.6) is 17.2 Å². The monoisotopic (exact) mass is 469 g/mol. The minimum atomic E-state index is -4.43. The molecule has 2 rings (SSSR count). The summed E-state index contributed by atoms with van der Waals surface area (Å²) in [5.74, 6) is 0.661. The summed E-state index contributed by atoms with van der Waals surface area (Å²) in [5, 5.41) is 12.5. The van der Waals surface area contributed by atoms with Gasteiger partial charge in [-0.05, 0) is 55.8 Å². The number of rotatable bonds is 12. The fourth-order valence-electron chi connectivity index (χ4n) is 2.73. The van der Waals surface area contributed by atoms with Crippen molar-refractivity contribution in [1.82, 2.24) is 5.32 Å². The molecule has 0 aliphatic rings. The van der Waals surface area contributed by atoms with E-state index in [-0.39, 0.29) is 43.6 Å². The Morgan fingerprint density at radius 2 is 1.76 bits per heavy atom. The molecule has 2 N–H and O–H groups in total. The maximum absolute atomic E-state index is 12.5. The normalized spacial score (nSPS) is 12.1. The molecule has 0 aliphatic heterocycles. The Hall–Kier alpha value is -3.27. The number of halogens is 3. The van der Waals surface area contributed by atoms with Crippen molar-refractivity contribution in [2.45, 2.75) is 32.0 Å². The van der Waals surface area contributed by atoms with Gasteiger partial charge in [0, 0.05) is 18.5 Å². The standard InChI is InChI=1S/C23H26F3NO6/c1-15(28)16-5-10-20(21(12-16)31-2)32-11-3-4-22(30)27-13-18(29)14-33-19-8-6-17(7-9-19)23(24,25)26/h5-10,12,18,29H,3-4,11,13-14H2,1-2H3,(H,27,30). The molecule has 2 aromatic rings. The Morgan fingerprint density at radius 1 is 1.06 bits per heavy atom. The Bertz CT molecular complexity index is 931. The maximum atomic E-state index is 12.5. The number of carbonyl (C=O) groups is 2. The minimum Gasteiger partial charge on any atom is -0.493 e. The van der Waals surface area contributed by atoms with Gasteiger partial charge in [-0.3, -0.25) is 9.59 Å². The molecule has 0 spiro atoms. The molecule has 10 heteroatoms. The second-order valence-corrected chi connectivity index (χ2v) is 7.16. The van der Waals surface area contributed by atoms with Gasteiger partial charge >= 0.3 is 6.18 Å². The van der Waals surface area contributed by atoms with Crippen LogP contribution in [0.15, 0.2) is 42.5 Å². The summed E-state index contributed by atoms with van der Waals surface area (Å²) in [4.78, 5) is 23.3. The summed E-state index contributed by atoms with van der Waals surface area (Å²) in [7, 11) is 1.46. The Labute approximate surface area is 189 Å². The van der Waals surface area contributed by atoms with E-state index in [2.05, 4.69) is 5.32 Å². The van der Waals surface area contributed by atoms with Crippen molar-refractivity contribution in [3.63, 3.8) is 0 Å². The number of ketones is 1. The van der Waals surface area contributed by atoms with Crippen molar-refractivity contribution in [3.05, 3.63) is 53.6 Å². The van der Waals surface area contributed by atoms with E-state index >= 15 is 0 Å². The summed E-state index contributed by atoms with van der Waals surface area (Å²) in [6, 6.07) is 8.94. The highest BCUT2D eigenvalue weighted by Gasteiger charge is 2.30. The number of alkyl halides is 3. The predicted molar refractivity (Wildman–Crippen MR) is 114 cm³/mol. The largest absolute Gasteiger partial charge is 0.493 e. The maximum Gasteiger partial charge on any atom is 0.416 e. The Morgan fingerprint density at radius 3 is 2.36 bits per heavy atom. The van der Waals surface area contributed by atoms with Crippen molar-refractivity contribution in [2.75, 3.05) is 26.9 Å². The van der Waals surface area contributed by atoms with Gasteiger partial charge in [-0.15, -0.1) is 0 Å². The zero-order valence-electron chi connectivity index (χ0n) is 18.3. The summed E-state index contributed by atoms with van der Waals surface area (Å²) in [6.07, 6.45) is -4.90. The van der Waals surface area contributed by atoms with Crippen LogP contribution in [0.2, 0.25) is 0 Å². The molecule has 0 aliphatic carbocycles. The molecule has 2 aromatic carbocycles. The number of nitrogens with one attached hydrogen (secondary N) is 1. The van der Waals surface area contributed by atoms with Gasteiger partial charge in [-0.25, -0.2) is 0 Å². The molecule has 1 amide bonds. The van der Waals surface area contributed by atoms with Crippen LogP contribution >= 0.6 is 0 Å². The lowest BCUT2D eigenvalue weighted by Crippen LogP contribution is -2.35. The number of hydrogen-bond donors (Lipinski definition) is 2. The highest BCUT2D eigenvalue weighted by molar-refractivity contribution is 5.94. The van der Waals surface area contributed by atoms with E-state index in [1.54, 1.807) is 18.2 Å². The predicted octanol–water partition coefficient (Wildman–Crippen LogP) is 3.63. The lowest BCUT2D eigenvalue weighted by Gasteiger charge is -2.14. The third-order valence-corrected chi connectivity index (χ3v) is 4.53. The molecule has 0 aromatic heterocycles. The Balaban J connectivity index is 1.65. The van der Waals surface area contributed by atoms with E-state index in [4.69, 9.17) is 14.2 Å². The first-order valence-corrected chi connectivity index (χ1v) is 10.2. The average molecular weight is 469 g/mol. The smallest absolute Gasteiger partial charge is 0.416 e. The average Bonchev–Trinajstić information content (AvgIpc) is 2.78. The van der Waals surface area contributed by atoms with Gasteiger partial charge < -0.3 is 24.6 Å². The van der Waals surface area contributed by atoms with Crippen LogP contribution in [0.4, 0.5) is 13.2 Å². The van der Waals surface area contributed by atoms with E-state index in [1.165, 1.54) is 14.0 Å². The highest BCUT2D eigenvalue weighted by atomic mass is 19.4. The molecule has 33 heavy (non-hydrogen) atoms. The van der Waals surface area contributed by atoms with E-state index < -0.39 is 17.8 Å². The number of aliphatic hydroxyl groups is 1. The van der Waals surface area contributed by atoms with E-state index in [9.17, 15) is 27.9 Å². The SMILES string of the molecule is COc1cc(C(C)=O)ccc1OCCCC(=O)NCC(O)COc1ccc(C(F)(F)F)cc1. The van der Waals surface area contributed by atoms with E-state index in [1.807, 2.05) is 0 Å². The van der Waals surface area contributed by atoms with Crippen LogP contribution < -0.4 is 19.5 Å². The first kappa shape index (κ1) is 26.0. The zero-order chi connectivity index (χ0) is 24.4. The fraction of sp³-hybridized carbons (Fsp3) is 0.391.